The van der Waals surface area contributed by atoms with Gasteiger partial charge >= 0.3 is 10.2 Å². The molecule has 0 heterocycles. The summed E-state index contributed by atoms with van der Waals surface area (Å²) in [6.07, 6.45) is 0. The third-order valence-corrected chi connectivity index (χ3v) is 3.12. The van der Waals surface area contributed by atoms with Crippen molar-refractivity contribution in [2.75, 3.05) is 21.1 Å². The van der Waals surface area contributed by atoms with Crippen molar-refractivity contribution in [3.8, 4) is 0 Å². The second kappa shape index (κ2) is 5.93. The summed E-state index contributed by atoms with van der Waals surface area (Å²) >= 11 is 0. The summed E-state index contributed by atoms with van der Waals surface area (Å²) < 4.78 is 23.9. The van der Waals surface area contributed by atoms with E-state index in [0.717, 1.165) is 4.31 Å². The van der Waals surface area contributed by atoms with Crippen LogP contribution in [0.15, 0.2) is 0 Å². The number of nitrogens with zero attached hydrogens (tertiary/aromatic N) is 2. The van der Waals surface area contributed by atoms with Crippen molar-refractivity contribution in [3.63, 3.8) is 0 Å². The van der Waals surface area contributed by atoms with Crippen molar-refractivity contribution >= 4 is 16.1 Å². The van der Waals surface area contributed by atoms with Crippen LogP contribution in [-0.2, 0) is 15.0 Å². The highest BCUT2D eigenvalue weighted by Gasteiger charge is 2.21. The first kappa shape index (κ1) is 14.9. The van der Waals surface area contributed by atoms with Gasteiger partial charge in [0, 0.05) is 28.1 Å². The predicted octanol–water partition coefficient (Wildman–Crippen LogP) is 0.297. The summed E-state index contributed by atoms with van der Waals surface area (Å²) in [6, 6.07) is 0. The van der Waals surface area contributed by atoms with Gasteiger partial charge < -0.3 is 0 Å². The molecule has 0 radical (unpaired) electrons. The van der Waals surface area contributed by atoms with E-state index in [2.05, 4.69) is 0 Å². The number of amides is 1. The van der Waals surface area contributed by atoms with Crippen LogP contribution in [0.3, 0.4) is 0 Å². The highest BCUT2D eigenvalue weighted by atomic mass is 32.2. The molecule has 5 nitrogen and oxygen atoms in total. The maximum atomic E-state index is 11.1. The van der Waals surface area contributed by atoms with Crippen LogP contribution in [0.4, 0.5) is 0 Å². The molecule has 0 aromatic rings. The molecule has 0 rings (SSSR count). The highest BCUT2D eigenvalue weighted by Crippen LogP contribution is 2.00. The van der Waals surface area contributed by atoms with Gasteiger partial charge in [0.15, 0.2) is 0 Å². The first-order chi connectivity index (χ1) is 5.80. The van der Waals surface area contributed by atoms with E-state index in [0.29, 0.717) is 4.31 Å². The number of hydrogen-bond donors (Lipinski definition) is 0. The molecule has 0 aliphatic rings. The first-order valence-corrected chi connectivity index (χ1v) is 5.36. The Balaban J connectivity index is 0. The first-order valence-electron chi connectivity index (χ1n) is 3.97. The van der Waals surface area contributed by atoms with Crippen LogP contribution in [0, 0.1) is 0 Å². The van der Waals surface area contributed by atoms with Crippen LogP contribution < -0.4 is 0 Å². The van der Waals surface area contributed by atoms with Gasteiger partial charge in [-0.25, -0.2) is 4.31 Å². The molecule has 6 heteroatoms. The Morgan fingerprint density at radius 3 is 1.46 bits per heavy atom. The van der Waals surface area contributed by atoms with Gasteiger partial charge in [-0.05, 0) is 0 Å². The summed E-state index contributed by atoms with van der Waals surface area (Å²) in [5.41, 5.74) is 0. The molecule has 0 aromatic carbocycles. The molecular weight excluding hydrogens is 192 g/mol. The predicted molar refractivity (Wildman–Crippen MR) is 52.4 cm³/mol. The van der Waals surface area contributed by atoms with E-state index in [9.17, 15) is 13.2 Å². The summed E-state index contributed by atoms with van der Waals surface area (Å²) in [5.74, 6) is -0.501. The molecule has 80 valence electrons. The molecule has 1 amide bonds. The van der Waals surface area contributed by atoms with E-state index in [1.165, 1.54) is 28.1 Å². The van der Waals surface area contributed by atoms with Crippen molar-refractivity contribution in [3.05, 3.63) is 0 Å². The minimum absolute atomic E-state index is 0.501. The minimum Gasteiger partial charge on any atom is -0.274 e. The highest BCUT2D eigenvalue weighted by molar-refractivity contribution is 7.87. The molecule has 0 aromatic heterocycles. The van der Waals surface area contributed by atoms with Gasteiger partial charge in [-0.1, -0.05) is 13.8 Å². The summed E-state index contributed by atoms with van der Waals surface area (Å²) in [6.45, 7) is 5.20. The smallest absolute Gasteiger partial charge is 0.274 e. The van der Waals surface area contributed by atoms with Crippen molar-refractivity contribution in [2.45, 2.75) is 20.8 Å². The zero-order valence-corrected chi connectivity index (χ0v) is 9.84. The van der Waals surface area contributed by atoms with E-state index < -0.39 is 16.1 Å². The van der Waals surface area contributed by atoms with Crippen LogP contribution in [-0.4, -0.2) is 44.1 Å². The molecular formula is C7H18N2O3S. The van der Waals surface area contributed by atoms with Gasteiger partial charge in [-0.2, -0.15) is 12.7 Å². The zero-order valence-electron chi connectivity index (χ0n) is 9.03. The lowest BCUT2D eigenvalue weighted by atomic mass is 10.7. The van der Waals surface area contributed by atoms with Gasteiger partial charge in [-0.3, -0.25) is 4.79 Å². The number of carbonyl (C=O) groups excluding carboxylic acids is 1. The van der Waals surface area contributed by atoms with Gasteiger partial charge in [0.05, 0.1) is 0 Å². The number of carbonyl (C=O) groups is 1. The van der Waals surface area contributed by atoms with E-state index in [1.54, 1.807) is 0 Å². The van der Waals surface area contributed by atoms with E-state index >= 15 is 0 Å². The SMILES string of the molecule is CC.CC(=O)N(C)S(=O)(=O)N(C)C. The molecule has 0 atom stereocenters. The van der Waals surface area contributed by atoms with Gasteiger partial charge in [-0.15, -0.1) is 0 Å². The van der Waals surface area contributed by atoms with Crippen LogP contribution in [0.25, 0.3) is 0 Å². The molecule has 0 N–H and O–H groups in total. The molecule has 0 fully saturated rings. The van der Waals surface area contributed by atoms with Crippen LogP contribution in [0.2, 0.25) is 0 Å². The topological polar surface area (TPSA) is 57.7 Å². The second-order valence-electron chi connectivity index (χ2n) is 2.28. The Labute approximate surface area is 80.5 Å². The fraction of sp³-hybridized carbons (Fsp3) is 0.857. The van der Waals surface area contributed by atoms with Crippen LogP contribution >= 0.6 is 0 Å². The Bertz CT molecular complexity index is 246. The summed E-state index contributed by atoms with van der Waals surface area (Å²) in [7, 11) is 0.401. The standard InChI is InChI=1S/C5H12N2O3S.C2H6/c1-5(8)7(4)11(9,10)6(2)3;1-2/h1-4H3;1-2H3. The number of rotatable bonds is 2. The second-order valence-corrected chi connectivity index (χ2v) is 4.45. The monoisotopic (exact) mass is 210 g/mol. The lowest BCUT2D eigenvalue weighted by molar-refractivity contribution is -0.123. The molecule has 0 aliphatic carbocycles. The maximum absolute atomic E-state index is 11.1. The number of hydrogen-bond acceptors (Lipinski definition) is 3. The quantitative estimate of drug-likeness (QED) is 0.658. The molecule has 0 saturated heterocycles. The van der Waals surface area contributed by atoms with E-state index in [1.807, 2.05) is 13.8 Å². The van der Waals surface area contributed by atoms with Crippen molar-refractivity contribution in [1.82, 2.24) is 8.61 Å². The Hall–Kier alpha value is -0.620. The maximum Gasteiger partial charge on any atom is 0.305 e. The molecule has 0 saturated carbocycles. The van der Waals surface area contributed by atoms with Gasteiger partial charge in [0.1, 0.15) is 0 Å². The van der Waals surface area contributed by atoms with Crippen LogP contribution in [0.5, 0.6) is 0 Å². The Morgan fingerprint density at radius 2 is 1.38 bits per heavy atom. The molecule has 0 spiro atoms. The normalized spacial score (nSPS) is 10.4. The largest absolute Gasteiger partial charge is 0.305 e. The van der Waals surface area contributed by atoms with Crippen molar-refractivity contribution in [1.29, 1.82) is 0 Å². The molecule has 13 heavy (non-hydrogen) atoms. The third-order valence-electron chi connectivity index (χ3n) is 1.25. The van der Waals surface area contributed by atoms with Crippen molar-refractivity contribution < 1.29 is 13.2 Å². The minimum atomic E-state index is -3.56. The molecule has 0 bridgehead atoms. The Kier molecular flexibility index (Phi) is 6.79. The van der Waals surface area contributed by atoms with Gasteiger partial charge in [0.2, 0.25) is 5.91 Å². The average Bonchev–Trinajstić information content (AvgIpc) is 2.06. The third kappa shape index (κ3) is 4.23. The Morgan fingerprint density at radius 1 is 1.08 bits per heavy atom. The van der Waals surface area contributed by atoms with Gasteiger partial charge in [0.25, 0.3) is 0 Å². The zero-order chi connectivity index (χ0) is 11.2. The average molecular weight is 210 g/mol. The fourth-order valence-electron chi connectivity index (χ4n) is 0.407. The fourth-order valence-corrected chi connectivity index (χ4v) is 1.22. The lowest BCUT2D eigenvalue weighted by Gasteiger charge is -2.19. The summed E-state index contributed by atoms with van der Waals surface area (Å²) in [4.78, 5) is 10.6. The van der Waals surface area contributed by atoms with E-state index in [4.69, 9.17) is 0 Å². The van der Waals surface area contributed by atoms with E-state index in [-0.39, 0.29) is 0 Å². The lowest BCUT2D eigenvalue weighted by Crippen LogP contribution is -2.39. The molecule has 0 aliphatic heterocycles. The van der Waals surface area contributed by atoms with Crippen LogP contribution in [0.1, 0.15) is 20.8 Å². The molecule has 0 unspecified atom stereocenters. The summed E-state index contributed by atoms with van der Waals surface area (Å²) in [5, 5.41) is 0. The van der Waals surface area contributed by atoms with Crippen molar-refractivity contribution in [2.24, 2.45) is 0 Å².